The third-order valence-electron chi connectivity index (χ3n) is 7.58. The van der Waals surface area contributed by atoms with Crippen LogP contribution < -0.4 is 5.32 Å². The molecule has 4 rings (SSSR count). The second kappa shape index (κ2) is 10.9. The minimum Gasteiger partial charge on any atom is -0.341 e. The number of imide groups is 1. The van der Waals surface area contributed by atoms with Crippen molar-refractivity contribution in [3.63, 3.8) is 0 Å². The van der Waals surface area contributed by atoms with Gasteiger partial charge in [0.25, 0.3) is 11.8 Å². The smallest absolute Gasteiger partial charge is 0.341 e. The number of nitrogens with zero attached hydrogens (tertiary/aromatic N) is 3. The third kappa shape index (κ3) is 5.39. The van der Waals surface area contributed by atoms with E-state index in [9.17, 15) is 36.7 Å². The zero-order valence-corrected chi connectivity index (χ0v) is 22.3. The quantitative estimate of drug-likeness (QED) is 0.425. The summed E-state index contributed by atoms with van der Waals surface area (Å²) in [5.74, 6) is -3.63. The molecule has 0 aliphatic carbocycles. The molecular weight excluding hydrogens is 532 g/mol. The molecule has 0 bridgehead atoms. The van der Waals surface area contributed by atoms with E-state index in [1.807, 2.05) is 30.3 Å². The largest absolute Gasteiger partial charge is 0.416 e. The van der Waals surface area contributed by atoms with Crippen LogP contribution in [0.2, 0.25) is 0 Å². The van der Waals surface area contributed by atoms with Crippen LogP contribution in [-0.4, -0.2) is 70.2 Å². The van der Waals surface area contributed by atoms with Crippen LogP contribution in [0.25, 0.3) is 0 Å². The Labute approximate surface area is 228 Å². The molecule has 2 aromatic rings. The zero-order valence-electron chi connectivity index (χ0n) is 22.3. The number of urea groups is 1. The van der Waals surface area contributed by atoms with Gasteiger partial charge in [-0.2, -0.15) is 13.2 Å². The number of hydrogen-bond acceptors (Lipinski definition) is 4. The standard InChI is InChI=1S/C28H30F4N4O4/c1-17(2)22(33-23(37)20-15-19(28(30,31)32)9-10-21(20)29)24(38)35-13-11-27(12-14-35)25(39)34(3)26(40)36(27)16-18-7-5-4-6-8-18/h4-10,15,17,22H,11-14,16H2,1-3H3,(H,33,37). The molecule has 1 N–H and O–H groups in total. The van der Waals surface area contributed by atoms with Crippen molar-refractivity contribution in [2.75, 3.05) is 20.1 Å². The maximum atomic E-state index is 14.3. The fraction of sp³-hybridized carbons (Fsp3) is 0.429. The van der Waals surface area contributed by atoms with Crippen molar-refractivity contribution in [2.45, 2.75) is 51.0 Å². The molecule has 40 heavy (non-hydrogen) atoms. The van der Waals surface area contributed by atoms with E-state index in [0.29, 0.717) is 18.2 Å². The molecule has 1 unspecified atom stereocenters. The summed E-state index contributed by atoms with van der Waals surface area (Å²) in [7, 11) is 1.42. The molecule has 2 saturated heterocycles. The average Bonchev–Trinajstić information content (AvgIpc) is 3.08. The van der Waals surface area contributed by atoms with E-state index >= 15 is 0 Å². The van der Waals surface area contributed by atoms with E-state index in [0.717, 1.165) is 10.5 Å². The Bertz CT molecular complexity index is 1310. The molecular formula is C28H30F4N4O4. The molecule has 1 atom stereocenters. The van der Waals surface area contributed by atoms with Gasteiger partial charge in [0.15, 0.2) is 0 Å². The van der Waals surface area contributed by atoms with Crippen LogP contribution >= 0.6 is 0 Å². The SMILES string of the molecule is CC(C)C(NC(=O)c1cc(C(F)(F)F)ccc1F)C(=O)N1CCC2(CC1)C(=O)N(C)C(=O)N2Cc1ccccc1. The minimum absolute atomic E-state index is 0.105. The van der Waals surface area contributed by atoms with Gasteiger partial charge in [-0.3, -0.25) is 19.3 Å². The number of alkyl halides is 3. The molecule has 0 radical (unpaired) electrons. The zero-order chi connectivity index (χ0) is 29.4. The van der Waals surface area contributed by atoms with Crippen LogP contribution in [-0.2, 0) is 22.3 Å². The van der Waals surface area contributed by atoms with Gasteiger partial charge in [0.2, 0.25) is 5.91 Å². The van der Waals surface area contributed by atoms with E-state index in [1.54, 1.807) is 13.8 Å². The first-order valence-corrected chi connectivity index (χ1v) is 12.9. The van der Waals surface area contributed by atoms with Gasteiger partial charge < -0.3 is 15.1 Å². The third-order valence-corrected chi connectivity index (χ3v) is 7.58. The number of amides is 5. The van der Waals surface area contributed by atoms with Crippen molar-refractivity contribution < 1.29 is 36.7 Å². The highest BCUT2D eigenvalue weighted by Crippen LogP contribution is 2.38. The second-order valence-corrected chi connectivity index (χ2v) is 10.5. The van der Waals surface area contributed by atoms with E-state index in [4.69, 9.17) is 0 Å². The maximum Gasteiger partial charge on any atom is 0.416 e. The summed E-state index contributed by atoms with van der Waals surface area (Å²) < 4.78 is 53.6. The molecule has 12 heteroatoms. The lowest BCUT2D eigenvalue weighted by Crippen LogP contribution is -2.60. The second-order valence-electron chi connectivity index (χ2n) is 10.5. The Morgan fingerprint density at radius 2 is 1.65 bits per heavy atom. The van der Waals surface area contributed by atoms with Crippen LogP contribution in [0.4, 0.5) is 22.4 Å². The summed E-state index contributed by atoms with van der Waals surface area (Å²) in [4.78, 5) is 56.5. The lowest BCUT2D eigenvalue weighted by molar-refractivity contribution is -0.142. The molecule has 1 spiro atoms. The van der Waals surface area contributed by atoms with E-state index in [1.165, 1.54) is 16.8 Å². The summed E-state index contributed by atoms with van der Waals surface area (Å²) in [5, 5.41) is 2.40. The number of carbonyl (C=O) groups excluding carboxylic acids is 4. The van der Waals surface area contributed by atoms with Crippen molar-refractivity contribution in [3.05, 3.63) is 71.0 Å². The molecule has 2 fully saturated rings. The Morgan fingerprint density at radius 1 is 1.02 bits per heavy atom. The summed E-state index contributed by atoms with van der Waals surface area (Å²) in [6.45, 7) is 3.72. The molecule has 0 saturated carbocycles. The van der Waals surface area contributed by atoms with Crippen LogP contribution in [0.5, 0.6) is 0 Å². The predicted molar refractivity (Wildman–Crippen MR) is 136 cm³/mol. The Kier molecular flexibility index (Phi) is 7.91. The van der Waals surface area contributed by atoms with Gasteiger partial charge >= 0.3 is 12.2 Å². The number of rotatable bonds is 6. The number of carbonyl (C=O) groups is 4. The minimum atomic E-state index is -4.78. The molecule has 0 aromatic heterocycles. The van der Waals surface area contributed by atoms with Crippen LogP contribution in [0.1, 0.15) is 48.2 Å². The number of likely N-dealkylation sites (N-methyl/N-ethyl adjacent to an activating group) is 1. The van der Waals surface area contributed by atoms with Crippen LogP contribution in [0.3, 0.4) is 0 Å². The van der Waals surface area contributed by atoms with Crippen molar-refractivity contribution in [3.8, 4) is 0 Å². The number of halogens is 4. The molecule has 2 heterocycles. The van der Waals surface area contributed by atoms with Crippen LogP contribution in [0.15, 0.2) is 48.5 Å². The maximum absolute atomic E-state index is 14.3. The van der Waals surface area contributed by atoms with Crippen molar-refractivity contribution in [1.29, 1.82) is 0 Å². The van der Waals surface area contributed by atoms with Gasteiger partial charge in [0, 0.05) is 26.7 Å². The fourth-order valence-electron chi connectivity index (χ4n) is 5.25. The number of piperidine rings is 1. The normalized spacial score (nSPS) is 18.1. The number of nitrogens with one attached hydrogen (secondary N) is 1. The highest BCUT2D eigenvalue weighted by Gasteiger charge is 2.57. The van der Waals surface area contributed by atoms with Gasteiger partial charge in [-0.15, -0.1) is 0 Å². The molecule has 214 valence electrons. The van der Waals surface area contributed by atoms with E-state index in [-0.39, 0.29) is 38.4 Å². The predicted octanol–water partition coefficient (Wildman–Crippen LogP) is 4.05. The first-order valence-electron chi connectivity index (χ1n) is 12.9. The summed E-state index contributed by atoms with van der Waals surface area (Å²) >= 11 is 0. The highest BCUT2D eigenvalue weighted by atomic mass is 19.4. The first kappa shape index (κ1) is 29.0. The summed E-state index contributed by atoms with van der Waals surface area (Å²) in [6.07, 6.45) is -4.44. The molecule has 8 nitrogen and oxygen atoms in total. The van der Waals surface area contributed by atoms with Gasteiger partial charge in [-0.25, -0.2) is 9.18 Å². The number of benzene rings is 2. The van der Waals surface area contributed by atoms with Crippen molar-refractivity contribution in [2.24, 2.45) is 5.92 Å². The lowest BCUT2D eigenvalue weighted by atomic mass is 9.85. The fourth-order valence-corrected chi connectivity index (χ4v) is 5.25. The summed E-state index contributed by atoms with van der Waals surface area (Å²) in [6, 6.07) is 9.15. The first-order chi connectivity index (χ1) is 18.8. The molecule has 5 amide bonds. The summed E-state index contributed by atoms with van der Waals surface area (Å²) in [5.41, 5.74) is -2.29. The average molecular weight is 563 g/mol. The van der Waals surface area contributed by atoms with Crippen molar-refractivity contribution >= 4 is 23.8 Å². The van der Waals surface area contributed by atoms with Gasteiger partial charge in [0.05, 0.1) is 11.1 Å². The van der Waals surface area contributed by atoms with Gasteiger partial charge in [0.1, 0.15) is 17.4 Å². The molecule has 2 aliphatic rings. The highest BCUT2D eigenvalue weighted by molar-refractivity contribution is 6.07. The van der Waals surface area contributed by atoms with Crippen molar-refractivity contribution in [1.82, 2.24) is 20.0 Å². The number of likely N-dealkylation sites (tertiary alicyclic amines) is 1. The Balaban J connectivity index is 1.50. The van der Waals surface area contributed by atoms with Gasteiger partial charge in [-0.1, -0.05) is 44.2 Å². The Hall–Kier alpha value is -3.96. The Morgan fingerprint density at radius 3 is 2.23 bits per heavy atom. The molecule has 2 aliphatic heterocycles. The topological polar surface area (TPSA) is 90.0 Å². The number of hydrogen-bond donors (Lipinski definition) is 1. The van der Waals surface area contributed by atoms with Crippen LogP contribution in [0, 0.1) is 11.7 Å². The molecule has 2 aromatic carbocycles. The van der Waals surface area contributed by atoms with E-state index < -0.39 is 58.5 Å². The van der Waals surface area contributed by atoms with Gasteiger partial charge in [-0.05, 0) is 42.5 Å². The monoisotopic (exact) mass is 562 g/mol. The van der Waals surface area contributed by atoms with E-state index in [2.05, 4.69) is 5.32 Å². The lowest BCUT2D eigenvalue weighted by Gasteiger charge is -2.43.